The van der Waals surface area contributed by atoms with Crippen molar-refractivity contribution in [3.05, 3.63) is 21.9 Å². The molecule has 1 aromatic rings. The Kier molecular flexibility index (Phi) is 4.78. The molecule has 3 nitrogen and oxygen atoms in total. The SMILES string of the molecule is CCOC(=O)CCC(N)c1sccc1C. The first-order valence-electron chi connectivity index (χ1n) is 5.10. The van der Waals surface area contributed by atoms with Crippen LogP contribution in [0.2, 0.25) is 0 Å². The minimum Gasteiger partial charge on any atom is -0.466 e. The molecule has 0 saturated heterocycles. The average molecular weight is 227 g/mol. The lowest BCUT2D eigenvalue weighted by atomic mass is 10.1. The van der Waals surface area contributed by atoms with Crippen molar-refractivity contribution in [2.24, 2.45) is 5.73 Å². The quantitative estimate of drug-likeness (QED) is 0.786. The lowest BCUT2D eigenvalue weighted by Gasteiger charge is -2.10. The summed E-state index contributed by atoms with van der Waals surface area (Å²) < 4.78 is 4.85. The monoisotopic (exact) mass is 227 g/mol. The van der Waals surface area contributed by atoms with Gasteiger partial charge in [0.1, 0.15) is 0 Å². The van der Waals surface area contributed by atoms with Gasteiger partial charge in [-0.05, 0) is 37.3 Å². The highest BCUT2D eigenvalue weighted by atomic mass is 32.1. The summed E-state index contributed by atoms with van der Waals surface area (Å²) >= 11 is 1.65. The Balaban J connectivity index is 2.40. The van der Waals surface area contributed by atoms with Gasteiger partial charge in [-0.25, -0.2) is 0 Å². The third-order valence-electron chi connectivity index (χ3n) is 2.20. The highest BCUT2D eigenvalue weighted by molar-refractivity contribution is 7.10. The molecule has 15 heavy (non-hydrogen) atoms. The number of hydrogen-bond acceptors (Lipinski definition) is 4. The second-order valence-electron chi connectivity index (χ2n) is 3.42. The molecule has 1 rings (SSSR count). The van der Waals surface area contributed by atoms with Crippen molar-refractivity contribution in [2.75, 3.05) is 6.61 Å². The Morgan fingerprint density at radius 1 is 1.67 bits per heavy atom. The minimum atomic E-state index is -0.165. The van der Waals surface area contributed by atoms with E-state index in [4.69, 9.17) is 10.5 Å². The Hall–Kier alpha value is -0.870. The van der Waals surface area contributed by atoms with Crippen LogP contribution in [0.15, 0.2) is 11.4 Å². The van der Waals surface area contributed by atoms with Crippen molar-refractivity contribution in [1.29, 1.82) is 0 Å². The Labute approximate surface area is 94.2 Å². The summed E-state index contributed by atoms with van der Waals surface area (Å²) in [6, 6.07) is 2.00. The molecule has 0 radical (unpaired) electrons. The summed E-state index contributed by atoms with van der Waals surface area (Å²) in [6.07, 6.45) is 1.05. The van der Waals surface area contributed by atoms with Gasteiger partial charge in [-0.2, -0.15) is 0 Å². The number of carbonyl (C=O) groups is 1. The maximum atomic E-state index is 11.1. The molecule has 0 fully saturated rings. The van der Waals surface area contributed by atoms with Gasteiger partial charge in [-0.3, -0.25) is 4.79 Å². The van der Waals surface area contributed by atoms with E-state index in [1.165, 1.54) is 10.4 Å². The van der Waals surface area contributed by atoms with Crippen molar-refractivity contribution in [3.63, 3.8) is 0 Å². The predicted octanol–water partition coefficient (Wildman–Crippen LogP) is 2.40. The molecule has 1 aromatic heterocycles. The number of hydrogen-bond donors (Lipinski definition) is 1. The molecule has 0 bridgehead atoms. The summed E-state index contributed by atoms with van der Waals surface area (Å²) in [5.74, 6) is -0.165. The number of nitrogens with two attached hydrogens (primary N) is 1. The molecule has 0 aliphatic carbocycles. The molecule has 0 aliphatic rings. The first kappa shape index (κ1) is 12.2. The van der Waals surface area contributed by atoms with Crippen molar-refractivity contribution >= 4 is 17.3 Å². The summed E-state index contributed by atoms with van der Waals surface area (Å²) in [7, 11) is 0. The van der Waals surface area contributed by atoms with E-state index in [1.807, 2.05) is 18.4 Å². The molecule has 1 unspecified atom stereocenters. The fourth-order valence-corrected chi connectivity index (χ4v) is 2.37. The summed E-state index contributed by atoms with van der Waals surface area (Å²) in [5, 5.41) is 2.02. The first-order valence-corrected chi connectivity index (χ1v) is 5.98. The average Bonchev–Trinajstić information content (AvgIpc) is 2.61. The Morgan fingerprint density at radius 2 is 2.40 bits per heavy atom. The van der Waals surface area contributed by atoms with E-state index in [2.05, 4.69) is 0 Å². The highest BCUT2D eigenvalue weighted by Gasteiger charge is 2.12. The van der Waals surface area contributed by atoms with Gasteiger partial charge in [0, 0.05) is 17.3 Å². The molecule has 0 saturated carbocycles. The molecule has 1 heterocycles. The molecule has 4 heteroatoms. The topological polar surface area (TPSA) is 52.3 Å². The molecular weight excluding hydrogens is 210 g/mol. The van der Waals surface area contributed by atoms with E-state index in [1.54, 1.807) is 18.3 Å². The molecule has 0 amide bonds. The smallest absolute Gasteiger partial charge is 0.305 e. The van der Waals surface area contributed by atoms with Gasteiger partial charge in [-0.1, -0.05) is 0 Å². The number of ether oxygens (including phenoxy) is 1. The van der Waals surface area contributed by atoms with Crippen LogP contribution in [0, 0.1) is 6.92 Å². The van der Waals surface area contributed by atoms with Gasteiger partial charge in [0.05, 0.1) is 6.61 Å². The zero-order valence-corrected chi connectivity index (χ0v) is 9.97. The molecular formula is C11H17NO2S. The number of esters is 1. The van der Waals surface area contributed by atoms with Gasteiger partial charge in [0.25, 0.3) is 0 Å². The van der Waals surface area contributed by atoms with E-state index in [-0.39, 0.29) is 12.0 Å². The van der Waals surface area contributed by atoms with Crippen LogP contribution >= 0.6 is 11.3 Å². The van der Waals surface area contributed by atoms with Gasteiger partial charge in [-0.15, -0.1) is 11.3 Å². The van der Waals surface area contributed by atoms with Crippen LogP contribution in [0.5, 0.6) is 0 Å². The summed E-state index contributed by atoms with van der Waals surface area (Å²) in [6.45, 7) is 4.28. The number of thiophene rings is 1. The normalized spacial score (nSPS) is 12.5. The first-order chi connectivity index (χ1) is 7.15. The van der Waals surface area contributed by atoms with Gasteiger partial charge in [0.2, 0.25) is 0 Å². The highest BCUT2D eigenvalue weighted by Crippen LogP contribution is 2.25. The van der Waals surface area contributed by atoms with Crippen LogP contribution in [-0.2, 0) is 9.53 Å². The fourth-order valence-electron chi connectivity index (χ4n) is 1.40. The zero-order valence-electron chi connectivity index (χ0n) is 9.16. The standard InChI is InChI=1S/C11H17NO2S/c1-3-14-10(13)5-4-9(12)11-8(2)6-7-15-11/h6-7,9H,3-5,12H2,1-2H3. The van der Waals surface area contributed by atoms with Crippen molar-refractivity contribution in [2.45, 2.75) is 32.7 Å². The van der Waals surface area contributed by atoms with Crippen molar-refractivity contribution in [1.82, 2.24) is 0 Å². The third-order valence-corrected chi connectivity index (χ3v) is 3.35. The van der Waals surface area contributed by atoms with E-state index < -0.39 is 0 Å². The third kappa shape index (κ3) is 3.64. The second kappa shape index (κ2) is 5.88. The largest absolute Gasteiger partial charge is 0.466 e. The lowest BCUT2D eigenvalue weighted by Crippen LogP contribution is -2.13. The number of aryl methyl sites for hydroxylation is 1. The van der Waals surface area contributed by atoms with E-state index in [0.29, 0.717) is 19.4 Å². The van der Waals surface area contributed by atoms with Crippen molar-refractivity contribution < 1.29 is 9.53 Å². The predicted molar refractivity (Wildman–Crippen MR) is 61.9 cm³/mol. The van der Waals surface area contributed by atoms with Gasteiger partial charge >= 0.3 is 5.97 Å². The molecule has 84 valence electrons. The number of rotatable bonds is 5. The van der Waals surface area contributed by atoms with Crippen LogP contribution in [0.3, 0.4) is 0 Å². The van der Waals surface area contributed by atoms with E-state index >= 15 is 0 Å². The second-order valence-corrected chi connectivity index (χ2v) is 4.37. The molecule has 2 N–H and O–H groups in total. The molecule has 0 spiro atoms. The lowest BCUT2D eigenvalue weighted by molar-refractivity contribution is -0.143. The van der Waals surface area contributed by atoms with Crippen LogP contribution in [0.25, 0.3) is 0 Å². The van der Waals surface area contributed by atoms with E-state index in [0.717, 1.165) is 0 Å². The van der Waals surface area contributed by atoms with Crippen LogP contribution in [-0.4, -0.2) is 12.6 Å². The maximum absolute atomic E-state index is 11.1. The molecule has 0 aromatic carbocycles. The molecule has 0 aliphatic heterocycles. The zero-order chi connectivity index (χ0) is 11.3. The number of carbonyl (C=O) groups excluding carboxylic acids is 1. The van der Waals surface area contributed by atoms with E-state index in [9.17, 15) is 4.79 Å². The summed E-state index contributed by atoms with van der Waals surface area (Å²) in [4.78, 5) is 12.3. The maximum Gasteiger partial charge on any atom is 0.305 e. The van der Waals surface area contributed by atoms with Gasteiger partial charge < -0.3 is 10.5 Å². The fraction of sp³-hybridized carbons (Fsp3) is 0.545. The van der Waals surface area contributed by atoms with Crippen LogP contribution < -0.4 is 5.73 Å². The van der Waals surface area contributed by atoms with Crippen molar-refractivity contribution in [3.8, 4) is 0 Å². The van der Waals surface area contributed by atoms with Crippen LogP contribution in [0.1, 0.15) is 36.2 Å². The summed E-state index contributed by atoms with van der Waals surface area (Å²) in [5.41, 5.74) is 7.19. The van der Waals surface area contributed by atoms with Crippen LogP contribution in [0.4, 0.5) is 0 Å². The van der Waals surface area contributed by atoms with Gasteiger partial charge in [0.15, 0.2) is 0 Å². The Bertz CT molecular complexity index is 322. The molecule has 1 atom stereocenters. The minimum absolute atomic E-state index is 0.0468. The Morgan fingerprint density at radius 3 is 2.93 bits per heavy atom.